The summed E-state index contributed by atoms with van der Waals surface area (Å²) in [4.78, 5) is 38.4. The maximum absolute atomic E-state index is 12.7. The molecule has 13 heteroatoms. The number of ketones is 1. The fourth-order valence-corrected chi connectivity index (χ4v) is 3.32. The summed E-state index contributed by atoms with van der Waals surface area (Å²) < 4.78 is 37.6. The number of rotatable bonds is 4. The van der Waals surface area contributed by atoms with Gasteiger partial charge in [-0.3, -0.25) is 19.6 Å². The van der Waals surface area contributed by atoms with E-state index in [0.29, 0.717) is 5.69 Å². The van der Waals surface area contributed by atoms with Gasteiger partial charge in [-0.15, -0.1) is 0 Å². The summed E-state index contributed by atoms with van der Waals surface area (Å²) in [6.07, 6.45) is -3.43. The van der Waals surface area contributed by atoms with E-state index < -0.39 is 30.0 Å². The predicted molar refractivity (Wildman–Crippen MR) is 112 cm³/mol. The molecule has 0 saturated carbocycles. The summed E-state index contributed by atoms with van der Waals surface area (Å²) in [5.41, 5.74) is 3.76. The van der Waals surface area contributed by atoms with E-state index in [1.54, 1.807) is 44.4 Å². The Hall–Kier alpha value is -2.89. The number of aliphatic carboxylic acids is 1. The van der Waals surface area contributed by atoms with Crippen molar-refractivity contribution in [2.24, 2.45) is 0 Å². The molecule has 1 aromatic carbocycles. The number of carboxylic acids is 1. The number of hydrogen-bond donors (Lipinski definition) is 2. The first kappa shape index (κ1) is 26.4. The number of aromatic nitrogens is 1. The summed E-state index contributed by atoms with van der Waals surface area (Å²) in [5.74, 6) is -4.33. The average molecular weight is 508 g/mol. The molecule has 1 aliphatic rings. The maximum atomic E-state index is 12.7. The van der Waals surface area contributed by atoms with Crippen molar-refractivity contribution < 1.29 is 37.4 Å². The van der Waals surface area contributed by atoms with Crippen molar-refractivity contribution in [3.63, 3.8) is 0 Å². The van der Waals surface area contributed by atoms with Crippen molar-refractivity contribution in [2.45, 2.75) is 31.7 Å². The van der Waals surface area contributed by atoms with Crippen molar-refractivity contribution in [3.8, 4) is 5.75 Å². The topological polar surface area (TPSA) is 109 Å². The first-order valence-electron chi connectivity index (χ1n) is 9.22. The number of carbonyl (C=O) groups excluding carboxylic acids is 2. The number of carbonyl (C=O) groups is 3. The molecule has 3 rings (SSSR count). The molecule has 2 heterocycles. The molecule has 2 atom stereocenters. The number of amides is 1. The zero-order valence-corrected chi connectivity index (χ0v) is 18.7. The number of hydrogen-bond acceptors (Lipinski definition) is 6. The molecule has 2 unspecified atom stereocenters. The second kappa shape index (κ2) is 10.8. The zero-order valence-electron chi connectivity index (χ0n) is 17.2. The van der Waals surface area contributed by atoms with Crippen LogP contribution < -0.4 is 10.2 Å². The number of carboxylic acid groups (broad SMARTS) is 1. The van der Waals surface area contributed by atoms with Crippen LogP contribution in [-0.2, 0) is 21.0 Å². The van der Waals surface area contributed by atoms with Gasteiger partial charge in [0.2, 0.25) is 0 Å². The number of hydrazine groups is 1. The molecule has 1 fully saturated rings. The van der Waals surface area contributed by atoms with Crippen LogP contribution in [0.1, 0.15) is 24.1 Å². The number of benzene rings is 1. The quantitative estimate of drug-likeness (QED) is 0.608. The molecule has 178 valence electrons. The molecule has 0 bridgehead atoms. The minimum Gasteiger partial charge on any atom is -0.485 e. The molecule has 1 aromatic heterocycles. The monoisotopic (exact) mass is 507 g/mol. The van der Waals surface area contributed by atoms with Crippen LogP contribution in [0.15, 0.2) is 36.5 Å². The standard InChI is InChI=1S/C18H17Cl2N3O3.C2HF3O2/c1-10-16(24)15(18(25)23(2)22-10)14-12(19)6-7-13(20)17(14)26-9-11-5-3-4-8-21-11;3-2(4,5)1(6)7/h3-8,10,15,22H,9H2,1-2H3;(H,6,7). The van der Waals surface area contributed by atoms with Crippen LogP contribution in [0.4, 0.5) is 13.2 Å². The van der Waals surface area contributed by atoms with Crippen molar-refractivity contribution >= 4 is 40.9 Å². The highest BCUT2D eigenvalue weighted by Gasteiger charge is 2.42. The Morgan fingerprint density at radius 2 is 1.82 bits per heavy atom. The van der Waals surface area contributed by atoms with Gasteiger partial charge in [0.15, 0.2) is 5.78 Å². The van der Waals surface area contributed by atoms with Gasteiger partial charge in [-0.25, -0.2) is 10.2 Å². The van der Waals surface area contributed by atoms with Crippen LogP contribution in [-0.4, -0.2) is 52.0 Å². The van der Waals surface area contributed by atoms with E-state index >= 15 is 0 Å². The maximum Gasteiger partial charge on any atom is 0.490 e. The molecule has 1 aliphatic heterocycles. The fraction of sp³-hybridized carbons (Fsp3) is 0.300. The third-order valence-corrected chi connectivity index (χ3v) is 5.02. The van der Waals surface area contributed by atoms with E-state index in [-0.39, 0.29) is 33.7 Å². The van der Waals surface area contributed by atoms with E-state index in [1.165, 1.54) is 5.01 Å². The number of halogens is 5. The number of ether oxygens (including phenoxy) is 1. The normalized spacial score (nSPS) is 18.5. The summed E-state index contributed by atoms with van der Waals surface area (Å²) in [6.45, 7) is 1.82. The van der Waals surface area contributed by atoms with Crippen molar-refractivity contribution in [1.82, 2.24) is 15.4 Å². The average Bonchev–Trinajstić information content (AvgIpc) is 2.74. The van der Waals surface area contributed by atoms with Gasteiger partial charge in [0, 0.05) is 23.8 Å². The first-order valence-corrected chi connectivity index (χ1v) is 9.98. The number of nitrogens with one attached hydrogen (secondary N) is 1. The lowest BCUT2D eigenvalue weighted by Gasteiger charge is -2.34. The molecular weight excluding hydrogens is 490 g/mol. The van der Waals surface area contributed by atoms with Gasteiger partial charge in [-0.2, -0.15) is 13.2 Å². The van der Waals surface area contributed by atoms with Crippen molar-refractivity contribution in [2.75, 3.05) is 7.05 Å². The zero-order chi connectivity index (χ0) is 24.9. The van der Waals surface area contributed by atoms with Crippen LogP contribution in [0.2, 0.25) is 10.0 Å². The Labute approximate surface area is 196 Å². The molecule has 33 heavy (non-hydrogen) atoms. The summed E-state index contributed by atoms with van der Waals surface area (Å²) in [7, 11) is 1.56. The number of alkyl halides is 3. The minimum absolute atomic E-state index is 0.132. The highest BCUT2D eigenvalue weighted by molar-refractivity contribution is 6.35. The lowest BCUT2D eigenvalue weighted by molar-refractivity contribution is -0.192. The third kappa shape index (κ3) is 6.56. The van der Waals surface area contributed by atoms with E-state index in [0.717, 1.165) is 0 Å². The van der Waals surface area contributed by atoms with E-state index in [4.69, 9.17) is 37.8 Å². The Kier molecular flexibility index (Phi) is 8.64. The van der Waals surface area contributed by atoms with Crippen LogP contribution >= 0.6 is 23.2 Å². The van der Waals surface area contributed by atoms with E-state index in [1.807, 2.05) is 6.07 Å². The Morgan fingerprint density at radius 1 is 1.21 bits per heavy atom. The lowest BCUT2D eigenvalue weighted by atomic mass is 9.88. The second-order valence-corrected chi connectivity index (χ2v) is 7.58. The molecule has 0 spiro atoms. The van der Waals surface area contributed by atoms with Crippen LogP contribution in [0.3, 0.4) is 0 Å². The number of likely N-dealkylation sites (N-methyl/N-ethyl adjacent to an activating group) is 1. The lowest BCUT2D eigenvalue weighted by Crippen LogP contribution is -2.57. The van der Waals surface area contributed by atoms with Crippen molar-refractivity contribution in [1.29, 1.82) is 0 Å². The smallest absolute Gasteiger partial charge is 0.485 e. The summed E-state index contributed by atoms with van der Waals surface area (Å²) in [6, 6.07) is 8.02. The SMILES string of the molecule is CC1NN(C)C(=O)C(c2c(Cl)ccc(Cl)c2OCc2ccccn2)C1=O.O=C(O)C(F)(F)F. The molecule has 2 aromatic rings. The van der Waals surface area contributed by atoms with E-state index in [2.05, 4.69) is 10.4 Å². The molecule has 0 aliphatic carbocycles. The minimum atomic E-state index is -5.08. The molecule has 0 radical (unpaired) electrons. The fourth-order valence-electron chi connectivity index (χ4n) is 2.84. The largest absolute Gasteiger partial charge is 0.490 e. The number of nitrogens with zero attached hydrogens (tertiary/aromatic N) is 2. The highest BCUT2D eigenvalue weighted by Crippen LogP contribution is 2.41. The third-order valence-electron chi connectivity index (χ3n) is 4.39. The Morgan fingerprint density at radius 3 is 2.36 bits per heavy atom. The van der Waals surface area contributed by atoms with Gasteiger partial charge in [-0.05, 0) is 31.2 Å². The van der Waals surface area contributed by atoms with Crippen LogP contribution in [0, 0.1) is 0 Å². The van der Waals surface area contributed by atoms with Gasteiger partial charge in [0.1, 0.15) is 18.3 Å². The van der Waals surface area contributed by atoms with Gasteiger partial charge in [-0.1, -0.05) is 29.3 Å². The number of Topliss-reactive ketones (excluding diaryl/α,β-unsaturated/α-hetero) is 1. The van der Waals surface area contributed by atoms with Gasteiger partial charge in [0.25, 0.3) is 5.91 Å². The van der Waals surface area contributed by atoms with Crippen LogP contribution in [0.25, 0.3) is 0 Å². The van der Waals surface area contributed by atoms with Gasteiger partial charge in [0.05, 0.1) is 16.8 Å². The second-order valence-electron chi connectivity index (χ2n) is 6.77. The molecule has 1 saturated heterocycles. The van der Waals surface area contributed by atoms with E-state index in [9.17, 15) is 22.8 Å². The number of pyridine rings is 1. The Balaban J connectivity index is 0.000000479. The molecule has 2 N–H and O–H groups in total. The molecular formula is C20H18Cl2F3N3O5. The predicted octanol–water partition coefficient (Wildman–Crippen LogP) is 3.62. The molecule has 8 nitrogen and oxygen atoms in total. The molecule has 1 amide bonds. The van der Waals surface area contributed by atoms with Crippen molar-refractivity contribution in [3.05, 3.63) is 57.8 Å². The highest BCUT2D eigenvalue weighted by atomic mass is 35.5. The van der Waals surface area contributed by atoms with Gasteiger partial charge >= 0.3 is 12.1 Å². The summed E-state index contributed by atoms with van der Waals surface area (Å²) >= 11 is 12.6. The first-order chi connectivity index (χ1) is 15.3. The summed E-state index contributed by atoms with van der Waals surface area (Å²) in [5, 5.41) is 8.94. The Bertz CT molecular complexity index is 1020. The van der Waals surface area contributed by atoms with Gasteiger partial charge < -0.3 is 9.84 Å². The van der Waals surface area contributed by atoms with Crippen LogP contribution in [0.5, 0.6) is 5.75 Å².